The van der Waals surface area contributed by atoms with E-state index in [1.807, 2.05) is 29.6 Å². The zero-order valence-electron chi connectivity index (χ0n) is 14.3. The first-order valence-electron chi connectivity index (χ1n) is 7.56. The van der Waals surface area contributed by atoms with Crippen LogP contribution in [-0.4, -0.2) is 19.0 Å². The predicted molar refractivity (Wildman–Crippen MR) is 96.9 cm³/mol. The van der Waals surface area contributed by atoms with E-state index in [0.717, 1.165) is 10.4 Å². The van der Waals surface area contributed by atoms with Gasteiger partial charge in [0.1, 0.15) is 5.70 Å². The molecule has 0 bridgehead atoms. The van der Waals surface area contributed by atoms with Gasteiger partial charge in [0.15, 0.2) is 0 Å². The molecule has 0 aliphatic carbocycles. The van der Waals surface area contributed by atoms with Crippen LogP contribution in [0.2, 0.25) is 0 Å². The average molecular weight is 343 g/mol. The van der Waals surface area contributed by atoms with Crippen LogP contribution in [0.5, 0.6) is 0 Å². The molecule has 1 aromatic heterocycles. The maximum Gasteiger partial charge on any atom is 0.354 e. The zero-order valence-corrected chi connectivity index (χ0v) is 15.1. The Morgan fingerprint density at radius 2 is 1.79 bits per heavy atom. The number of hydrogen-bond donors (Lipinski definition) is 1. The van der Waals surface area contributed by atoms with Gasteiger partial charge in [0.2, 0.25) is 0 Å². The fourth-order valence-corrected chi connectivity index (χ4v) is 2.75. The van der Waals surface area contributed by atoms with Crippen LogP contribution >= 0.6 is 11.3 Å². The number of amides is 1. The Hall–Kier alpha value is -2.40. The smallest absolute Gasteiger partial charge is 0.354 e. The van der Waals surface area contributed by atoms with Gasteiger partial charge in [0.05, 0.1) is 7.11 Å². The second-order valence-electron chi connectivity index (χ2n) is 6.35. The van der Waals surface area contributed by atoms with Crippen molar-refractivity contribution >= 4 is 29.3 Å². The van der Waals surface area contributed by atoms with Crippen molar-refractivity contribution in [3.63, 3.8) is 0 Å². The Labute approximate surface area is 146 Å². The monoisotopic (exact) mass is 343 g/mol. The fraction of sp³-hybridized carbons (Fsp3) is 0.263. The third kappa shape index (κ3) is 4.55. The van der Waals surface area contributed by atoms with Gasteiger partial charge in [-0.25, -0.2) is 4.79 Å². The zero-order chi connectivity index (χ0) is 17.7. The standard InChI is InChI=1S/C19H21NO3S/c1-19(2,3)14-9-7-13(8-10-14)17(21)20-16(18(22)23-4)12-15-6-5-11-24-15/h5-12H,1-4H3,(H,20,21)/b16-12+. The summed E-state index contributed by atoms with van der Waals surface area (Å²) >= 11 is 1.47. The van der Waals surface area contributed by atoms with Crippen molar-refractivity contribution in [2.24, 2.45) is 0 Å². The van der Waals surface area contributed by atoms with Crippen LogP contribution in [0.25, 0.3) is 6.08 Å². The van der Waals surface area contributed by atoms with Crippen molar-refractivity contribution in [1.82, 2.24) is 5.32 Å². The molecule has 4 nitrogen and oxygen atoms in total. The maximum atomic E-state index is 12.4. The minimum absolute atomic E-state index is 0.0191. The van der Waals surface area contributed by atoms with Crippen molar-refractivity contribution < 1.29 is 14.3 Å². The molecule has 126 valence electrons. The van der Waals surface area contributed by atoms with Crippen molar-refractivity contribution in [1.29, 1.82) is 0 Å². The third-order valence-corrected chi connectivity index (χ3v) is 4.32. The quantitative estimate of drug-likeness (QED) is 0.674. The lowest BCUT2D eigenvalue weighted by atomic mass is 9.87. The maximum absolute atomic E-state index is 12.4. The molecule has 0 saturated carbocycles. The summed E-state index contributed by atoms with van der Waals surface area (Å²) in [6.07, 6.45) is 1.61. The first-order chi connectivity index (χ1) is 11.3. The second-order valence-corrected chi connectivity index (χ2v) is 7.33. The number of carbonyl (C=O) groups is 2. The summed E-state index contributed by atoms with van der Waals surface area (Å²) in [5, 5.41) is 4.53. The number of benzene rings is 1. The molecule has 0 aliphatic rings. The van der Waals surface area contributed by atoms with Gasteiger partial charge in [-0.2, -0.15) is 0 Å². The van der Waals surface area contributed by atoms with Gasteiger partial charge in [-0.3, -0.25) is 4.79 Å². The lowest BCUT2D eigenvalue weighted by Crippen LogP contribution is -2.28. The molecule has 2 aromatic rings. The highest BCUT2D eigenvalue weighted by molar-refractivity contribution is 7.10. The normalized spacial score (nSPS) is 11.9. The molecule has 1 N–H and O–H groups in total. The van der Waals surface area contributed by atoms with E-state index in [-0.39, 0.29) is 17.0 Å². The summed E-state index contributed by atoms with van der Waals surface area (Å²) in [5.74, 6) is -0.924. The number of carbonyl (C=O) groups excluding carboxylic acids is 2. The van der Waals surface area contributed by atoms with Crippen molar-refractivity contribution in [3.05, 3.63) is 63.5 Å². The van der Waals surface area contributed by atoms with E-state index < -0.39 is 5.97 Å². The number of thiophene rings is 1. The number of esters is 1. The Kier molecular flexibility index (Phi) is 5.57. The molecule has 0 unspecified atom stereocenters. The molecule has 1 heterocycles. The molecule has 0 radical (unpaired) electrons. The van der Waals surface area contributed by atoms with Gasteiger partial charge in [0, 0.05) is 10.4 Å². The van der Waals surface area contributed by atoms with E-state index in [4.69, 9.17) is 4.74 Å². The van der Waals surface area contributed by atoms with Crippen LogP contribution in [0.3, 0.4) is 0 Å². The highest BCUT2D eigenvalue weighted by atomic mass is 32.1. The van der Waals surface area contributed by atoms with Crippen LogP contribution in [0.15, 0.2) is 47.5 Å². The second kappa shape index (κ2) is 7.45. The predicted octanol–water partition coefficient (Wildman–Crippen LogP) is 3.99. The van der Waals surface area contributed by atoms with E-state index in [9.17, 15) is 9.59 Å². The molecule has 5 heteroatoms. The van der Waals surface area contributed by atoms with Gasteiger partial charge in [0.25, 0.3) is 5.91 Å². The van der Waals surface area contributed by atoms with Crippen molar-refractivity contribution in [2.45, 2.75) is 26.2 Å². The molecule has 0 fully saturated rings. The highest BCUT2D eigenvalue weighted by Gasteiger charge is 2.17. The largest absolute Gasteiger partial charge is 0.464 e. The lowest BCUT2D eigenvalue weighted by molar-refractivity contribution is -0.136. The molecule has 0 atom stereocenters. The summed E-state index contributed by atoms with van der Waals surface area (Å²) in [7, 11) is 1.29. The highest BCUT2D eigenvalue weighted by Crippen LogP contribution is 2.22. The summed E-state index contributed by atoms with van der Waals surface area (Å²) in [6.45, 7) is 6.34. The van der Waals surface area contributed by atoms with E-state index in [1.165, 1.54) is 18.4 Å². The molecule has 1 amide bonds. The van der Waals surface area contributed by atoms with E-state index in [0.29, 0.717) is 5.56 Å². The molecule has 1 aromatic carbocycles. The van der Waals surface area contributed by atoms with E-state index in [1.54, 1.807) is 18.2 Å². The van der Waals surface area contributed by atoms with Crippen LogP contribution < -0.4 is 5.32 Å². The van der Waals surface area contributed by atoms with Crippen molar-refractivity contribution in [2.75, 3.05) is 7.11 Å². The van der Waals surface area contributed by atoms with Gasteiger partial charge in [-0.05, 0) is 40.6 Å². The summed E-state index contributed by atoms with van der Waals surface area (Å²) < 4.78 is 4.74. The molecule has 0 saturated heterocycles. The topological polar surface area (TPSA) is 55.4 Å². The van der Waals surface area contributed by atoms with Gasteiger partial charge < -0.3 is 10.1 Å². The molecular formula is C19H21NO3S. The third-order valence-electron chi connectivity index (χ3n) is 3.50. The fourth-order valence-electron chi connectivity index (χ4n) is 2.09. The molecule has 0 aliphatic heterocycles. The van der Waals surface area contributed by atoms with Crippen LogP contribution in [-0.2, 0) is 14.9 Å². The number of methoxy groups -OCH3 is 1. The van der Waals surface area contributed by atoms with E-state index >= 15 is 0 Å². The Bertz CT molecular complexity index is 738. The minimum Gasteiger partial charge on any atom is -0.464 e. The Morgan fingerprint density at radius 1 is 1.12 bits per heavy atom. The lowest BCUT2D eigenvalue weighted by Gasteiger charge is -2.19. The van der Waals surface area contributed by atoms with Crippen LogP contribution in [0.4, 0.5) is 0 Å². The molecular weight excluding hydrogens is 322 g/mol. The minimum atomic E-state index is -0.580. The van der Waals surface area contributed by atoms with Crippen LogP contribution in [0.1, 0.15) is 41.6 Å². The molecule has 24 heavy (non-hydrogen) atoms. The summed E-state index contributed by atoms with van der Waals surface area (Å²) in [6, 6.07) is 11.1. The Morgan fingerprint density at radius 3 is 2.29 bits per heavy atom. The summed E-state index contributed by atoms with van der Waals surface area (Å²) in [4.78, 5) is 25.2. The molecule has 0 spiro atoms. The van der Waals surface area contributed by atoms with Gasteiger partial charge in [-0.15, -0.1) is 11.3 Å². The SMILES string of the molecule is COC(=O)/C(=C\c1cccs1)NC(=O)c1ccc(C(C)(C)C)cc1. The molecule has 2 rings (SSSR count). The Balaban J connectivity index is 2.20. The average Bonchev–Trinajstić information content (AvgIpc) is 3.05. The first kappa shape index (κ1) is 17.9. The van der Waals surface area contributed by atoms with Gasteiger partial charge >= 0.3 is 5.97 Å². The first-order valence-corrected chi connectivity index (χ1v) is 8.44. The van der Waals surface area contributed by atoms with E-state index in [2.05, 4.69) is 26.1 Å². The van der Waals surface area contributed by atoms with Gasteiger partial charge in [-0.1, -0.05) is 39.0 Å². The van der Waals surface area contributed by atoms with Crippen LogP contribution in [0, 0.1) is 0 Å². The summed E-state index contributed by atoms with van der Waals surface area (Å²) in [5.41, 5.74) is 1.76. The number of hydrogen-bond acceptors (Lipinski definition) is 4. The number of rotatable bonds is 4. The number of nitrogens with one attached hydrogen (secondary N) is 1. The van der Waals surface area contributed by atoms with Crippen molar-refractivity contribution in [3.8, 4) is 0 Å². The number of ether oxygens (including phenoxy) is 1.